The van der Waals surface area contributed by atoms with Gasteiger partial charge in [0.15, 0.2) is 0 Å². The van der Waals surface area contributed by atoms with E-state index in [9.17, 15) is 9.90 Å². The summed E-state index contributed by atoms with van der Waals surface area (Å²) in [6.45, 7) is 2.08. The van der Waals surface area contributed by atoms with Gasteiger partial charge in [0.05, 0.1) is 5.39 Å². The number of ether oxygens (including phenoxy) is 1. The van der Waals surface area contributed by atoms with Crippen LogP contribution in [0.3, 0.4) is 0 Å². The smallest absolute Gasteiger partial charge is 0.345 e. The van der Waals surface area contributed by atoms with Gasteiger partial charge in [-0.2, -0.15) is 0 Å². The van der Waals surface area contributed by atoms with Crippen molar-refractivity contribution in [2.45, 2.75) is 25.9 Å². The zero-order valence-corrected chi connectivity index (χ0v) is 15.9. The second kappa shape index (κ2) is 7.43. The number of benzene rings is 1. The molecule has 0 aliphatic rings. The van der Waals surface area contributed by atoms with Crippen LogP contribution in [0.4, 0.5) is 0 Å². The van der Waals surface area contributed by atoms with Gasteiger partial charge in [-0.1, -0.05) is 37.3 Å². The molecule has 1 atom stereocenters. The lowest BCUT2D eigenvalue weighted by Crippen LogP contribution is -2.29. The van der Waals surface area contributed by atoms with Crippen LogP contribution in [0.5, 0.6) is 5.88 Å². The lowest BCUT2D eigenvalue weighted by molar-refractivity contribution is -0.145. The van der Waals surface area contributed by atoms with Crippen LogP contribution in [0, 0.1) is 3.57 Å². The van der Waals surface area contributed by atoms with Crippen LogP contribution in [-0.4, -0.2) is 27.1 Å². The molecule has 0 radical (unpaired) electrons. The fraction of sp³-hybridized carbons (Fsp3) is 0.235. The molecule has 0 unspecified atom stereocenters. The first kappa shape index (κ1) is 17.1. The van der Waals surface area contributed by atoms with Gasteiger partial charge in [-0.15, -0.1) is 11.3 Å². The van der Waals surface area contributed by atoms with E-state index in [1.807, 2.05) is 30.3 Å². The predicted molar refractivity (Wildman–Crippen MR) is 102 cm³/mol. The number of nitrogens with zero attached hydrogens (tertiary/aromatic N) is 2. The van der Waals surface area contributed by atoms with Crippen LogP contribution in [0.25, 0.3) is 10.2 Å². The molecule has 3 aromatic rings. The van der Waals surface area contributed by atoms with Crippen LogP contribution in [0.15, 0.2) is 36.7 Å². The first-order chi connectivity index (χ1) is 11.6. The van der Waals surface area contributed by atoms with Crippen molar-refractivity contribution in [3.8, 4) is 5.88 Å². The quantitative estimate of drug-likeness (QED) is 0.572. The summed E-state index contributed by atoms with van der Waals surface area (Å²) in [4.78, 5) is 22.1. The van der Waals surface area contributed by atoms with Crippen LogP contribution in [0.2, 0.25) is 0 Å². The summed E-state index contributed by atoms with van der Waals surface area (Å²) in [7, 11) is 0. The number of aliphatic carboxylic acids is 1. The predicted octanol–water partition coefficient (Wildman–Crippen LogP) is 3.93. The number of carboxylic acid groups (broad SMARTS) is 1. The lowest BCUT2D eigenvalue weighted by atomic mass is 10.1. The van der Waals surface area contributed by atoms with Crippen LogP contribution in [-0.2, 0) is 17.6 Å². The topological polar surface area (TPSA) is 72.3 Å². The molecular formula is C17H15IN2O3S. The van der Waals surface area contributed by atoms with E-state index in [1.165, 1.54) is 11.2 Å². The highest BCUT2D eigenvalue weighted by Crippen LogP contribution is 2.36. The summed E-state index contributed by atoms with van der Waals surface area (Å²) < 4.78 is 6.82. The second-order valence-electron chi connectivity index (χ2n) is 5.19. The monoisotopic (exact) mass is 454 g/mol. The third-order valence-electron chi connectivity index (χ3n) is 3.58. The molecule has 0 saturated heterocycles. The number of thiophene rings is 1. The van der Waals surface area contributed by atoms with Crippen molar-refractivity contribution in [2.75, 3.05) is 0 Å². The van der Waals surface area contributed by atoms with E-state index in [1.54, 1.807) is 11.3 Å². The number of aromatic nitrogens is 2. The van der Waals surface area contributed by atoms with Crippen molar-refractivity contribution in [3.63, 3.8) is 0 Å². The molecule has 2 aromatic heterocycles. The second-order valence-corrected chi connectivity index (χ2v) is 7.35. The number of carbonyl (C=O) groups is 1. The number of fused-ring (bicyclic) bond motifs is 1. The zero-order valence-electron chi connectivity index (χ0n) is 12.9. The standard InChI is InChI=1S/C17H15IN2O3S/c1-2-12-14(18)13-15(19-9-20-16(13)24-12)23-11(17(21)22)8-10-6-4-3-5-7-10/h3-7,9,11H,2,8H2,1H3,(H,21,22)/t11-/m1/s1. The van der Waals surface area contributed by atoms with Gasteiger partial charge in [-0.25, -0.2) is 14.8 Å². The molecule has 2 heterocycles. The summed E-state index contributed by atoms with van der Waals surface area (Å²) in [5.41, 5.74) is 0.907. The summed E-state index contributed by atoms with van der Waals surface area (Å²) in [5.74, 6) is -0.671. The molecule has 5 nitrogen and oxygen atoms in total. The van der Waals surface area contributed by atoms with E-state index in [-0.39, 0.29) is 6.42 Å². The average Bonchev–Trinajstić information content (AvgIpc) is 2.92. The van der Waals surface area contributed by atoms with Crippen molar-refractivity contribution in [3.05, 3.63) is 50.7 Å². The van der Waals surface area contributed by atoms with Gasteiger partial charge in [-0.3, -0.25) is 0 Å². The summed E-state index contributed by atoms with van der Waals surface area (Å²) in [6, 6.07) is 9.43. The molecule has 0 aliphatic heterocycles. The van der Waals surface area contributed by atoms with Gasteiger partial charge >= 0.3 is 5.97 Å². The largest absolute Gasteiger partial charge is 0.478 e. The molecular weight excluding hydrogens is 439 g/mol. The number of hydrogen-bond donors (Lipinski definition) is 1. The van der Waals surface area contributed by atoms with E-state index >= 15 is 0 Å². The maximum atomic E-state index is 11.6. The van der Waals surface area contributed by atoms with Gasteiger partial charge in [0, 0.05) is 14.9 Å². The minimum atomic E-state index is -1.01. The van der Waals surface area contributed by atoms with Gasteiger partial charge < -0.3 is 9.84 Å². The maximum Gasteiger partial charge on any atom is 0.345 e. The minimum Gasteiger partial charge on any atom is -0.478 e. The Morgan fingerprint density at radius 2 is 2.08 bits per heavy atom. The molecule has 3 rings (SSSR count). The van der Waals surface area contributed by atoms with Crippen LogP contribution >= 0.6 is 33.9 Å². The molecule has 0 fully saturated rings. The van der Waals surface area contributed by atoms with Gasteiger partial charge in [0.1, 0.15) is 11.2 Å². The third-order valence-corrected chi connectivity index (χ3v) is 6.37. The Labute approximate surface area is 156 Å². The molecule has 124 valence electrons. The molecule has 0 spiro atoms. The summed E-state index contributed by atoms with van der Waals surface area (Å²) in [5, 5.41) is 10.3. The number of aryl methyl sites for hydroxylation is 1. The molecule has 0 amide bonds. The van der Waals surface area contributed by atoms with Crippen molar-refractivity contribution in [1.29, 1.82) is 0 Å². The Hall–Kier alpha value is -1.74. The molecule has 0 aliphatic carbocycles. The van der Waals surface area contributed by atoms with Crippen LogP contribution in [0.1, 0.15) is 17.4 Å². The normalized spacial score (nSPS) is 12.2. The minimum absolute atomic E-state index is 0.281. The highest BCUT2D eigenvalue weighted by Gasteiger charge is 2.24. The van der Waals surface area contributed by atoms with Crippen molar-refractivity contribution >= 4 is 50.1 Å². The maximum absolute atomic E-state index is 11.6. The Bertz CT molecular complexity index is 867. The Morgan fingerprint density at radius 1 is 1.33 bits per heavy atom. The number of carboxylic acids is 1. The number of halogens is 1. The molecule has 0 saturated carbocycles. The van der Waals surface area contributed by atoms with Crippen molar-refractivity contribution < 1.29 is 14.6 Å². The fourth-order valence-electron chi connectivity index (χ4n) is 2.38. The van der Waals surface area contributed by atoms with Gasteiger partial charge in [0.25, 0.3) is 0 Å². The number of rotatable bonds is 6. The third kappa shape index (κ3) is 3.51. The Balaban J connectivity index is 1.94. The Kier molecular flexibility index (Phi) is 5.30. The van der Waals surface area contributed by atoms with E-state index < -0.39 is 12.1 Å². The summed E-state index contributed by atoms with van der Waals surface area (Å²) >= 11 is 3.84. The van der Waals surface area contributed by atoms with E-state index in [2.05, 4.69) is 39.5 Å². The molecule has 24 heavy (non-hydrogen) atoms. The van der Waals surface area contributed by atoms with Crippen LogP contribution < -0.4 is 4.74 Å². The van der Waals surface area contributed by atoms with Gasteiger partial charge in [0.2, 0.25) is 12.0 Å². The molecule has 0 bridgehead atoms. The fourth-order valence-corrected chi connectivity index (χ4v) is 4.72. The van der Waals surface area contributed by atoms with Crippen molar-refractivity contribution in [1.82, 2.24) is 9.97 Å². The Morgan fingerprint density at radius 3 is 2.75 bits per heavy atom. The highest BCUT2D eigenvalue weighted by atomic mass is 127. The number of hydrogen-bond acceptors (Lipinski definition) is 5. The van der Waals surface area contributed by atoms with E-state index in [4.69, 9.17) is 4.74 Å². The highest BCUT2D eigenvalue weighted by molar-refractivity contribution is 14.1. The first-order valence-electron chi connectivity index (χ1n) is 7.45. The van der Waals surface area contributed by atoms with Gasteiger partial charge in [-0.05, 0) is 34.6 Å². The summed E-state index contributed by atoms with van der Waals surface area (Å²) in [6.07, 6.45) is 1.60. The average molecular weight is 454 g/mol. The molecule has 1 N–H and O–H groups in total. The van der Waals surface area contributed by atoms with Crippen molar-refractivity contribution in [2.24, 2.45) is 0 Å². The lowest BCUT2D eigenvalue weighted by Gasteiger charge is -2.15. The van der Waals surface area contributed by atoms with E-state index in [0.29, 0.717) is 5.88 Å². The molecule has 1 aromatic carbocycles. The SMILES string of the molecule is CCc1sc2ncnc(O[C@H](Cc3ccccc3)C(=O)O)c2c1I. The zero-order chi connectivity index (χ0) is 17.1. The first-order valence-corrected chi connectivity index (χ1v) is 9.35. The molecule has 7 heteroatoms. The van der Waals surface area contributed by atoms with E-state index in [0.717, 1.165) is 25.8 Å².